The van der Waals surface area contributed by atoms with E-state index in [-0.39, 0.29) is 11.8 Å². The van der Waals surface area contributed by atoms with Gasteiger partial charge in [-0.05, 0) is 29.7 Å². The van der Waals surface area contributed by atoms with Crippen molar-refractivity contribution in [2.45, 2.75) is 18.8 Å². The number of nitrogens with one attached hydrogen (secondary N) is 2. The summed E-state index contributed by atoms with van der Waals surface area (Å²) in [5.41, 5.74) is 2.21. The lowest BCUT2D eigenvalue weighted by molar-refractivity contribution is -0.116. The normalized spacial score (nSPS) is 10.7. The highest BCUT2D eigenvalue weighted by atomic mass is 16.5. The minimum absolute atomic E-state index is 0.0212. The van der Waals surface area contributed by atoms with Gasteiger partial charge in [-0.2, -0.15) is 0 Å². The maximum absolute atomic E-state index is 12.7. The number of rotatable bonds is 10. The van der Waals surface area contributed by atoms with Gasteiger partial charge in [-0.25, -0.2) is 0 Å². The number of nitrogens with zero attached hydrogens (tertiary/aromatic N) is 2. The number of hydrogen-bond donors (Lipinski definition) is 2. The lowest BCUT2D eigenvalue weighted by atomic mass is 9.88. The van der Waals surface area contributed by atoms with Gasteiger partial charge in [0.15, 0.2) is 5.82 Å². The van der Waals surface area contributed by atoms with Gasteiger partial charge in [-0.3, -0.25) is 4.79 Å². The summed E-state index contributed by atoms with van der Waals surface area (Å²) in [7, 11) is 1.68. The van der Waals surface area contributed by atoms with Gasteiger partial charge in [0.1, 0.15) is 5.82 Å². The van der Waals surface area contributed by atoms with Crippen LogP contribution in [0.4, 0.5) is 11.6 Å². The van der Waals surface area contributed by atoms with Crippen molar-refractivity contribution in [1.29, 1.82) is 0 Å². The van der Waals surface area contributed by atoms with Gasteiger partial charge in [-0.15, -0.1) is 10.2 Å². The standard InChI is InChI=1S/C23H26N4O2/c1-29-16-8-15-24-21-13-14-22(27-26-21)25-23(28)17-20(18-9-4-2-5-10-18)19-11-6-3-7-12-19/h2-7,9-14,20H,8,15-17H2,1H3,(H,24,26)(H,25,27,28). The predicted octanol–water partition coefficient (Wildman–Crippen LogP) is 4.09. The van der Waals surface area contributed by atoms with Crippen LogP contribution in [0.1, 0.15) is 29.9 Å². The van der Waals surface area contributed by atoms with E-state index in [1.54, 1.807) is 19.2 Å². The zero-order valence-corrected chi connectivity index (χ0v) is 16.5. The molecule has 0 saturated carbocycles. The van der Waals surface area contributed by atoms with E-state index in [4.69, 9.17) is 4.74 Å². The molecule has 0 spiro atoms. The Kier molecular flexibility index (Phi) is 7.72. The Morgan fingerprint density at radius 1 is 0.897 bits per heavy atom. The van der Waals surface area contributed by atoms with Crippen molar-refractivity contribution in [2.75, 3.05) is 30.9 Å². The number of amides is 1. The molecule has 0 fully saturated rings. The average Bonchev–Trinajstić information content (AvgIpc) is 2.77. The molecule has 0 unspecified atom stereocenters. The molecule has 29 heavy (non-hydrogen) atoms. The van der Waals surface area contributed by atoms with Crippen LogP contribution in [-0.4, -0.2) is 36.4 Å². The summed E-state index contributed by atoms with van der Waals surface area (Å²) in [4.78, 5) is 12.7. The molecule has 0 radical (unpaired) electrons. The van der Waals surface area contributed by atoms with Gasteiger partial charge in [0, 0.05) is 32.6 Å². The first kappa shape index (κ1) is 20.5. The number of methoxy groups -OCH3 is 1. The van der Waals surface area contributed by atoms with E-state index >= 15 is 0 Å². The van der Waals surface area contributed by atoms with E-state index in [2.05, 4.69) is 45.1 Å². The van der Waals surface area contributed by atoms with E-state index in [9.17, 15) is 4.79 Å². The Morgan fingerprint density at radius 2 is 1.48 bits per heavy atom. The summed E-state index contributed by atoms with van der Waals surface area (Å²) in [5.74, 6) is 0.993. The van der Waals surface area contributed by atoms with Gasteiger partial charge >= 0.3 is 0 Å². The smallest absolute Gasteiger partial charge is 0.226 e. The van der Waals surface area contributed by atoms with Gasteiger partial charge in [-0.1, -0.05) is 60.7 Å². The van der Waals surface area contributed by atoms with Crippen molar-refractivity contribution in [3.63, 3.8) is 0 Å². The molecule has 0 bridgehead atoms. The first-order chi connectivity index (χ1) is 14.3. The number of carbonyl (C=O) groups excluding carboxylic acids is 1. The van der Waals surface area contributed by atoms with Crippen molar-refractivity contribution in [2.24, 2.45) is 0 Å². The molecule has 6 heteroatoms. The monoisotopic (exact) mass is 390 g/mol. The quantitative estimate of drug-likeness (QED) is 0.510. The van der Waals surface area contributed by atoms with Gasteiger partial charge in [0.25, 0.3) is 0 Å². The summed E-state index contributed by atoms with van der Waals surface area (Å²) < 4.78 is 5.01. The van der Waals surface area contributed by atoms with Crippen LogP contribution in [-0.2, 0) is 9.53 Å². The van der Waals surface area contributed by atoms with Gasteiger partial charge < -0.3 is 15.4 Å². The molecule has 1 heterocycles. The van der Waals surface area contributed by atoms with E-state index in [0.29, 0.717) is 24.7 Å². The van der Waals surface area contributed by atoms with Crippen molar-refractivity contribution >= 4 is 17.5 Å². The lowest BCUT2D eigenvalue weighted by Crippen LogP contribution is -2.17. The minimum atomic E-state index is -0.0993. The summed E-state index contributed by atoms with van der Waals surface area (Å²) >= 11 is 0. The molecular weight excluding hydrogens is 364 g/mol. The molecular formula is C23H26N4O2. The largest absolute Gasteiger partial charge is 0.385 e. The van der Waals surface area contributed by atoms with E-state index in [0.717, 1.165) is 24.1 Å². The molecule has 3 rings (SSSR count). The van der Waals surface area contributed by atoms with Crippen LogP contribution in [0.25, 0.3) is 0 Å². The lowest BCUT2D eigenvalue weighted by Gasteiger charge is -2.17. The fourth-order valence-corrected chi connectivity index (χ4v) is 3.10. The van der Waals surface area contributed by atoms with E-state index in [1.165, 1.54) is 0 Å². The second kappa shape index (κ2) is 10.9. The fraction of sp³-hybridized carbons (Fsp3) is 0.261. The maximum Gasteiger partial charge on any atom is 0.226 e. The van der Waals surface area contributed by atoms with Crippen molar-refractivity contribution in [1.82, 2.24) is 10.2 Å². The molecule has 1 aromatic heterocycles. The number of ether oxygens (including phenoxy) is 1. The zero-order chi connectivity index (χ0) is 20.3. The highest BCUT2D eigenvalue weighted by Gasteiger charge is 2.18. The van der Waals surface area contributed by atoms with Crippen molar-refractivity contribution in [3.8, 4) is 0 Å². The summed E-state index contributed by atoms with van der Waals surface area (Å²) in [6, 6.07) is 23.7. The summed E-state index contributed by atoms with van der Waals surface area (Å²) in [6.45, 7) is 1.45. The molecule has 1 amide bonds. The Balaban J connectivity index is 1.62. The second-order valence-corrected chi connectivity index (χ2v) is 6.70. The van der Waals surface area contributed by atoms with Crippen LogP contribution >= 0.6 is 0 Å². The molecule has 3 aromatic rings. The van der Waals surface area contributed by atoms with Gasteiger partial charge in [0.05, 0.1) is 0 Å². The number of anilines is 2. The van der Waals surface area contributed by atoms with Crippen LogP contribution in [0.5, 0.6) is 0 Å². The Bertz CT molecular complexity index is 831. The highest BCUT2D eigenvalue weighted by molar-refractivity contribution is 5.90. The van der Waals surface area contributed by atoms with E-state index in [1.807, 2.05) is 36.4 Å². The number of carbonyl (C=O) groups is 1. The molecule has 0 aliphatic heterocycles. The Labute approximate surface area is 171 Å². The molecule has 0 aliphatic rings. The third-order valence-corrected chi connectivity index (χ3v) is 4.56. The van der Waals surface area contributed by atoms with E-state index < -0.39 is 0 Å². The first-order valence-corrected chi connectivity index (χ1v) is 9.72. The molecule has 0 atom stereocenters. The highest BCUT2D eigenvalue weighted by Crippen LogP contribution is 2.28. The minimum Gasteiger partial charge on any atom is -0.385 e. The van der Waals surface area contributed by atoms with Crippen LogP contribution in [0.3, 0.4) is 0 Å². The molecule has 2 aromatic carbocycles. The number of benzene rings is 2. The van der Waals surface area contributed by atoms with Crippen molar-refractivity contribution in [3.05, 3.63) is 83.9 Å². The zero-order valence-electron chi connectivity index (χ0n) is 16.5. The molecule has 2 N–H and O–H groups in total. The van der Waals surface area contributed by atoms with Gasteiger partial charge in [0.2, 0.25) is 5.91 Å². The SMILES string of the molecule is COCCCNc1ccc(NC(=O)CC(c2ccccc2)c2ccccc2)nn1. The van der Waals surface area contributed by atoms with Crippen LogP contribution < -0.4 is 10.6 Å². The first-order valence-electron chi connectivity index (χ1n) is 9.72. The Hall–Kier alpha value is -3.25. The predicted molar refractivity (Wildman–Crippen MR) is 115 cm³/mol. The number of aromatic nitrogens is 2. The molecule has 0 aliphatic carbocycles. The third kappa shape index (κ3) is 6.40. The Morgan fingerprint density at radius 3 is 2.03 bits per heavy atom. The maximum atomic E-state index is 12.7. The third-order valence-electron chi connectivity index (χ3n) is 4.56. The molecule has 150 valence electrons. The van der Waals surface area contributed by atoms with Crippen LogP contribution in [0.2, 0.25) is 0 Å². The summed E-state index contributed by atoms with van der Waals surface area (Å²) in [6.07, 6.45) is 1.21. The summed E-state index contributed by atoms with van der Waals surface area (Å²) in [5, 5.41) is 14.2. The second-order valence-electron chi connectivity index (χ2n) is 6.70. The van der Waals surface area contributed by atoms with Crippen LogP contribution in [0.15, 0.2) is 72.8 Å². The molecule has 0 saturated heterocycles. The molecule has 6 nitrogen and oxygen atoms in total. The van der Waals surface area contributed by atoms with Crippen LogP contribution in [0, 0.1) is 0 Å². The fourth-order valence-electron chi connectivity index (χ4n) is 3.10. The average molecular weight is 390 g/mol. The number of hydrogen-bond acceptors (Lipinski definition) is 5. The topological polar surface area (TPSA) is 76.1 Å². The van der Waals surface area contributed by atoms with Crippen molar-refractivity contribution < 1.29 is 9.53 Å².